The van der Waals surface area contributed by atoms with E-state index < -0.39 is 0 Å². The zero-order valence-electron chi connectivity index (χ0n) is 9.96. The van der Waals surface area contributed by atoms with Crippen molar-refractivity contribution in [3.05, 3.63) is 27.9 Å². The lowest BCUT2D eigenvalue weighted by molar-refractivity contribution is -0.384. The third-order valence-electron chi connectivity index (χ3n) is 3.38. The number of aryl methyl sites for hydroxylation is 1. The number of aromatic nitrogens is 1. The van der Waals surface area contributed by atoms with Crippen LogP contribution in [0, 0.1) is 17.0 Å². The van der Waals surface area contributed by atoms with Crippen molar-refractivity contribution < 1.29 is 4.92 Å². The Labute approximate surface area is 99.6 Å². The fourth-order valence-corrected chi connectivity index (χ4v) is 2.23. The summed E-state index contributed by atoms with van der Waals surface area (Å²) in [5.74, 6) is 0.440. The molecule has 0 saturated carbocycles. The Kier molecular flexibility index (Phi) is 2.97. The van der Waals surface area contributed by atoms with Gasteiger partial charge in [0.05, 0.1) is 4.92 Å². The van der Waals surface area contributed by atoms with Crippen LogP contribution >= 0.6 is 0 Å². The molecule has 2 N–H and O–H groups in total. The van der Waals surface area contributed by atoms with Crippen molar-refractivity contribution in [3.63, 3.8) is 0 Å². The zero-order chi connectivity index (χ0) is 12.6. The van der Waals surface area contributed by atoms with E-state index in [0.717, 1.165) is 13.0 Å². The van der Waals surface area contributed by atoms with Gasteiger partial charge in [0.25, 0.3) is 0 Å². The van der Waals surface area contributed by atoms with Crippen molar-refractivity contribution in [2.75, 3.05) is 11.4 Å². The molecule has 0 aromatic carbocycles. The second-order valence-electron chi connectivity index (χ2n) is 4.44. The van der Waals surface area contributed by atoms with Gasteiger partial charge >= 0.3 is 5.69 Å². The highest BCUT2D eigenvalue weighted by atomic mass is 16.6. The smallest absolute Gasteiger partial charge is 0.314 e. The summed E-state index contributed by atoms with van der Waals surface area (Å²) >= 11 is 0. The number of rotatable bonds is 2. The van der Waals surface area contributed by atoms with E-state index in [4.69, 9.17) is 5.73 Å². The van der Waals surface area contributed by atoms with Gasteiger partial charge in [0.15, 0.2) is 0 Å². The van der Waals surface area contributed by atoms with Gasteiger partial charge in [0, 0.05) is 30.4 Å². The van der Waals surface area contributed by atoms with Gasteiger partial charge < -0.3 is 10.6 Å². The van der Waals surface area contributed by atoms with Gasteiger partial charge in [-0.15, -0.1) is 0 Å². The highest BCUT2D eigenvalue weighted by Gasteiger charge is 2.33. The summed E-state index contributed by atoms with van der Waals surface area (Å²) in [7, 11) is 0. The molecule has 1 saturated heterocycles. The van der Waals surface area contributed by atoms with Crippen LogP contribution in [0.5, 0.6) is 0 Å². The molecule has 2 heterocycles. The molecule has 0 amide bonds. The van der Waals surface area contributed by atoms with Crippen molar-refractivity contribution >= 4 is 11.5 Å². The summed E-state index contributed by atoms with van der Waals surface area (Å²) in [5, 5.41) is 11.1. The third kappa shape index (κ3) is 1.95. The molecular weight excluding hydrogens is 220 g/mol. The molecule has 0 radical (unpaired) electrons. The molecule has 6 heteroatoms. The molecule has 17 heavy (non-hydrogen) atoms. The monoisotopic (exact) mass is 236 g/mol. The Morgan fingerprint density at radius 3 is 2.88 bits per heavy atom. The average molecular weight is 236 g/mol. The first-order valence-electron chi connectivity index (χ1n) is 5.64. The van der Waals surface area contributed by atoms with E-state index in [1.54, 1.807) is 19.2 Å². The Balaban J connectivity index is 2.45. The fourth-order valence-electron chi connectivity index (χ4n) is 2.23. The lowest BCUT2D eigenvalue weighted by atomic mass is 10.1. The highest BCUT2D eigenvalue weighted by molar-refractivity contribution is 5.62. The predicted octanol–water partition coefficient (Wildman–Crippen LogP) is 1.22. The third-order valence-corrected chi connectivity index (χ3v) is 3.38. The van der Waals surface area contributed by atoms with Crippen LogP contribution in [0.2, 0.25) is 0 Å². The minimum absolute atomic E-state index is 0.0527. The molecular formula is C11H16N4O2. The van der Waals surface area contributed by atoms with Crippen LogP contribution in [0.1, 0.15) is 18.9 Å². The quantitative estimate of drug-likeness (QED) is 0.616. The number of hydrogen-bond donors (Lipinski definition) is 1. The maximum atomic E-state index is 11.1. The second kappa shape index (κ2) is 4.29. The molecule has 0 bridgehead atoms. The molecule has 2 rings (SSSR count). The minimum atomic E-state index is -0.367. The van der Waals surface area contributed by atoms with Crippen molar-refractivity contribution in [1.82, 2.24) is 4.98 Å². The molecule has 2 unspecified atom stereocenters. The van der Waals surface area contributed by atoms with E-state index in [9.17, 15) is 10.1 Å². The largest absolute Gasteiger partial charge is 0.347 e. The molecule has 1 aromatic heterocycles. The average Bonchev–Trinajstić information content (AvgIpc) is 2.59. The van der Waals surface area contributed by atoms with E-state index in [-0.39, 0.29) is 22.7 Å². The Morgan fingerprint density at radius 1 is 1.65 bits per heavy atom. The van der Waals surface area contributed by atoms with Crippen molar-refractivity contribution in [2.45, 2.75) is 32.4 Å². The topological polar surface area (TPSA) is 85.3 Å². The van der Waals surface area contributed by atoms with Gasteiger partial charge in [-0.1, -0.05) is 0 Å². The normalized spacial score (nSPS) is 24.1. The molecule has 6 nitrogen and oxygen atoms in total. The van der Waals surface area contributed by atoms with Gasteiger partial charge in [0.1, 0.15) is 0 Å². The summed E-state index contributed by atoms with van der Waals surface area (Å²) in [4.78, 5) is 16.8. The molecule has 1 aromatic rings. The maximum Gasteiger partial charge on any atom is 0.314 e. The highest BCUT2D eigenvalue weighted by Crippen LogP contribution is 2.33. The first kappa shape index (κ1) is 11.8. The molecule has 1 fully saturated rings. The Morgan fingerprint density at radius 2 is 2.35 bits per heavy atom. The maximum absolute atomic E-state index is 11.1. The molecule has 2 atom stereocenters. The zero-order valence-corrected chi connectivity index (χ0v) is 9.96. The van der Waals surface area contributed by atoms with Crippen LogP contribution in [-0.4, -0.2) is 28.5 Å². The lowest BCUT2D eigenvalue weighted by Gasteiger charge is -2.24. The Hall–Kier alpha value is -1.69. The van der Waals surface area contributed by atoms with E-state index in [2.05, 4.69) is 4.98 Å². The number of anilines is 1. The number of nitro groups is 1. The van der Waals surface area contributed by atoms with E-state index >= 15 is 0 Å². The molecule has 1 aliphatic rings. The van der Waals surface area contributed by atoms with Gasteiger partial charge in [-0.05, 0) is 26.3 Å². The summed E-state index contributed by atoms with van der Waals surface area (Å²) < 4.78 is 0. The lowest BCUT2D eigenvalue weighted by Crippen LogP contribution is -2.37. The molecule has 0 spiro atoms. The van der Waals surface area contributed by atoms with Crippen LogP contribution in [0.15, 0.2) is 12.3 Å². The van der Waals surface area contributed by atoms with Gasteiger partial charge in [0.2, 0.25) is 5.82 Å². The summed E-state index contributed by atoms with van der Waals surface area (Å²) in [6.07, 6.45) is 2.45. The fraction of sp³-hybridized carbons (Fsp3) is 0.545. The van der Waals surface area contributed by atoms with Crippen LogP contribution in [-0.2, 0) is 0 Å². The number of pyridine rings is 1. The molecule has 0 aliphatic carbocycles. The van der Waals surface area contributed by atoms with Crippen molar-refractivity contribution in [2.24, 2.45) is 5.73 Å². The summed E-state index contributed by atoms with van der Waals surface area (Å²) in [6.45, 7) is 4.43. The van der Waals surface area contributed by atoms with E-state index in [0.29, 0.717) is 11.4 Å². The number of nitrogens with zero attached hydrogens (tertiary/aromatic N) is 3. The first-order chi connectivity index (χ1) is 8.02. The predicted molar refractivity (Wildman–Crippen MR) is 65.0 cm³/mol. The number of hydrogen-bond acceptors (Lipinski definition) is 5. The van der Waals surface area contributed by atoms with Crippen LogP contribution in [0.25, 0.3) is 0 Å². The van der Waals surface area contributed by atoms with Gasteiger partial charge in [-0.2, -0.15) is 0 Å². The van der Waals surface area contributed by atoms with Crippen LogP contribution < -0.4 is 10.6 Å². The van der Waals surface area contributed by atoms with Crippen LogP contribution in [0.3, 0.4) is 0 Å². The summed E-state index contributed by atoms with van der Waals surface area (Å²) in [5.41, 5.74) is 6.65. The minimum Gasteiger partial charge on any atom is -0.347 e. The SMILES string of the molecule is Cc1ccnc(N2CCC(N)C2C)c1[N+](=O)[O-]. The van der Waals surface area contributed by atoms with Crippen LogP contribution in [0.4, 0.5) is 11.5 Å². The van der Waals surface area contributed by atoms with Gasteiger partial charge in [-0.25, -0.2) is 4.98 Å². The van der Waals surface area contributed by atoms with E-state index in [1.807, 2.05) is 11.8 Å². The summed E-state index contributed by atoms with van der Waals surface area (Å²) in [6, 6.07) is 1.79. The standard InChI is InChI=1S/C11H16N4O2/c1-7-3-5-13-11(10(7)15(16)17)14-6-4-9(12)8(14)2/h3,5,8-9H,4,6,12H2,1-2H3. The van der Waals surface area contributed by atoms with Crippen molar-refractivity contribution in [3.8, 4) is 0 Å². The van der Waals surface area contributed by atoms with Crippen molar-refractivity contribution in [1.29, 1.82) is 0 Å². The second-order valence-corrected chi connectivity index (χ2v) is 4.44. The van der Waals surface area contributed by atoms with Gasteiger partial charge in [-0.3, -0.25) is 10.1 Å². The van der Waals surface area contributed by atoms with E-state index in [1.165, 1.54) is 0 Å². The molecule has 92 valence electrons. The first-order valence-corrected chi connectivity index (χ1v) is 5.64. The molecule has 1 aliphatic heterocycles. The number of nitrogens with two attached hydrogens (primary N) is 1. The Bertz CT molecular complexity index is 449.